The predicted octanol–water partition coefficient (Wildman–Crippen LogP) is 3.49. The molecule has 0 bridgehead atoms. The van der Waals surface area contributed by atoms with Crippen molar-refractivity contribution in [3.05, 3.63) is 28.8 Å². The highest BCUT2D eigenvalue weighted by Crippen LogP contribution is 2.57. The standard InChI is InChI=1S/C14H17ClO3/c1-13(2)7-14(8-13,12(16)17)10-6-9(15)4-5-11(10)18-3/h4-6H,7-8H2,1-3H3,(H,16,17). The van der Waals surface area contributed by atoms with Crippen LogP contribution in [0.4, 0.5) is 0 Å². The Balaban J connectivity index is 2.51. The molecule has 2 rings (SSSR count). The number of carbonyl (C=O) groups is 1. The van der Waals surface area contributed by atoms with Gasteiger partial charge in [0, 0.05) is 10.6 Å². The van der Waals surface area contributed by atoms with Gasteiger partial charge in [0.2, 0.25) is 0 Å². The predicted molar refractivity (Wildman–Crippen MR) is 70.3 cm³/mol. The summed E-state index contributed by atoms with van der Waals surface area (Å²) < 4.78 is 5.28. The maximum absolute atomic E-state index is 11.7. The molecule has 1 fully saturated rings. The molecule has 0 radical (unpaired) electrons. The van der Waals surface area contributed by atoms with Crippen molar-refractivity contribution in [3.8, 4) is 5.75 Å². The van der Waals surface area contributed by atoms with E-state index in [1.165, 1.54) is 0 Å². The Morgan fingerprint density at radius 1 is 1.39 bits per heavy atom. The van der Waals surface area contributed by atoms with Crippen LogP contribution < -0.4 is 4.74 Å². The lowest BCUT2D eigenvalue weighted by Crippen LogP contribution is -2.52. The number of hydrogen-bond donors (Lipinski definition) is 1. The first-order valence-electron chi connectivity index (χ1n) is 5.88. The highest BCUT2D eigenvalue weighted by Gasteiger charge is 2.56. The van der Waals surface area contributed by atoms with Gasteiger partial charge in [-0.3, -0.25) is 4.79 Å². The van der Waals surface area contributed by atoms with E-state index >= 15 is 0 Å². The Morgan fingerprint density at radius 2 is 2.00 bits per heavy atom. The average Bonchev–Trinajstić information content (AvgIpc) is 2.24. The molecule has 4 heteroatoms. The minimum absolute atomic E-state index is 0.0473. The molecule has 1 saturated carbocycles. The second-order valence-corrected chi connectivity index (χ2v) is 6.19. The Hall–Kier alpha value is -1.22. The molecular formula is C14H17ClO3. The van der Waals surface area contributed by atoms with Crippen LogP contribution in [0, 0.1) is 5.41 Å². The van der Waals surface area contributed by atoms with Gasteiger partial charge in [0.1, 0.15) is 5.75 Å². The van der Waals surface area contributed by atoms with Crippen LogP contribution in [0.1, 0.15) is 32.3 Å². The number of benzene rings is 1. The molecule has 0 spiro atoms. The minimum Gasteiger partial charge on any atom is -0.496 e. The van der Waals surface area contributed by atoms with Gasteiger partial charge in [0.15, 0.2) is 0 Å². The lowest BCUT2D eigenvalue weighted by molar-refractivity contribution is -0.153. The molecule has 1 aliphatic rings. The van der Waals surface area contributed by atoms with Crippen LogP contribution in [0.25, 0.3) is 0 Å². The van der Waals surface area contributed by atoms with Crippen LogP contribution in [0.5, 0.6) is 5.75 Å². The number of carboxylic acids is 1. The van der Waals surface area contributed by atoms with Crippen molar-refractivity contribution < 1.29 is 14.6 Å². The third-order valence-corrected chi connectivity index (χ3v) is 3.88. The summed E-state index contributed by atoms with van der Waals surface area (Å²) in [5.74, 6) is -0.209. The fourth-order valence-electron chi connectivity index (χ4n) is 3.09. The summed E-state index contributed by atoms with van der Waals surface area (Å²) in [7, 11) is 1.55. The smallest absolute Gasteiger partial charge is 0.314 e. The molecule has 0 amide bonds. The van der Waals surface area contributed by atoms with E-state index in [2.05, 4.69) is 13.8 Å². The van der Waals surface area contributed by atoms with E-state index in [1.54, 1.807) is 25.3 Å². The molecule has 3 nitrogen and oxygen atoms in total. The first kappa shape index (κ1) is 13.2. The molecule has 0 unspecified atom stereocenters. The molecule has 0 heterocycles. The van der Waals surface area contributed by atoms with Crippen LogP contribution in [0.2, 0.25) is 5.02 Å². The molecule has 0 aliphatic heterocycles. The zero-order chi connectivity index (χ0) is 13.6. The Labute approximate surface area is 112 Å². The van der Waals surface area contributed by atoms with Crippen molar-refractivity contribution in [2.45, 2.75) is 32.1 Å². The molecule has 18 heavy (non-hydrogen) atoms. The van der Waals surface area contributed by atoms with Crippen LogP contribution in [-0.4, -0.2) is 18.2 Å². The number of ether oxygens (including phenoxy) is 1. The van der Waals surface area contributed by atoms with Crippen LogP contribution in [0.15, 0.2) is 18.2 Å². The monoisotopic (exact) mass is 268 g/mol. The largest absolute Gasteiger partial charge is 0.496 e. The van der Waals surface area contributed by atoms with Crippen LogP contribution >= 0.6 is 11.6 Å². The van der Waals surface area contributed by atoms with Gasteiger partial charge >= 0.3 is 5.97 Å². The topological polar surface area (TPSA) is 46.5 Å². The normalized spacial score (nSPS) is 20.0. The molecule has 1 N–H and O–H groups in total. The van der Waals surface area contributed by atoms with E-state index in [1.807, 2.05) is 0 Å². The van der Waals surface area contributed by atoms with Gasteiger partial charge < -0.3 is 9.84 Å². The second-order valence-electron chi connectivity index (χ2n) is 5.75. The van der Waals surface area contributed by atoms with Gasteiger partial charge in [-0.15, -0.1) is 0 Å². The fourth-order valence-corrected chi connectivity index (χ4v) is 3.27. The summed E-state index contributed by atoms with van der Waals surface area (Å²) in [6, 6.07) is 5.15. The molecule has 1 aromatic rings. The van der Waals surface area contributed by atoms with Crippen molar-refractivity contribution in [2.24, 2.45) is 5.41 Å². The summed E-state index contributed by atoms with van der Waals surface area (Å²) in [6.07, 6.45) is 1.21. The maximum Gasteiger partial charge on any atom is 0.314 e. The van der Waals surface area contributed by atoms with E-state index in [4.69, 9.17) is 16.3 Å². The summed E-state index contributed by atoms with van der Waals surface area (Å²) in [4.78, 5) is 11.7. The number of aliphatic carboxylic acids is 1. The Bertz CT molecular complexity index is 486. The van der Waals surface area contributed by atoms with Gasteiger partial charge in [-0.2, -0.15) is 0 Å². The van der Waals surface area contributed by atoms with Crippen LogP contribution in [-0.2, 0) is 10.2 Å². The van der Waals surface area contributed by atoms with E-state index in [0.29, 0.717) is 29.2 Å². The van der Waals surface area contributed by atoms with Crippen molar-refractivity contribution in [1.29, 1.82) is 0 Å². The summed E-state index contributed by atoms with van der Waals surface area (Å²) in [5, 5.41) is 10.1. The summed E-state index contributed by atoms with van der Waals surface area (Å²) in [5.41, 5.74) is -0.129. The second kappa shape index (κ2) is 4.16. The van der Waals surface area contributed by atoms with Gasteiger partial charge in [-0.25, -0.2) is 0 Å². The number of hydrogen-bond acceptors (Lipinski definition) is 2. The minimum atomic E-state index is -0.861. The number of rotatable bonds is 3. The quantitative estimate of drug-likeness (QED) is 0.913. The number of carboxylic acid groups (broad SMARTS) is 1. The molecule has 0 atom stereocenters. The van der Waals surface area contributed by atoms with E-state index in [9.17, 15) is 9.90 Å². The van der Waals surface area contributed by atoms with E-state index in [-0.39, 0.29) is 5.41 Å². The third kappa shape index (κ3) is 1.97. The van der Waals surface area contributed by atoms with Crippen molar-refractivity contribution in [3.63, 3.8) is 0 Å². The van der Waals surface area contributed by atoms with Crippen molar-refractivity contribution in [1.82, 2.24) is 0 Å². The van der Waals surface area contributed by atoms with Crippen molar-refractivity contribution >= 4 is 17.6 Å². The molecule has 98 valence electrons. The van der Waals surface area contributed by atoms with E-state index < -0.39 is 11.4 Å². The molecular weight excluding hydrogens is 252 g/mol. The zero-order valence-corrected chi connectivity index (χ0v) is 11.5. The average molecular weight is 269 g/mol. The molecule has 1 aliphatic carbocycles. The van der Waals surface area contributed by atoms with Crippen molar-refractivity contribution in [2.75, 3.05) is 7.11 Å². The first-order chi connectivity index (χ1) is 8.31. The fraction of sp³-hybridized carbons (Fsp3) is 0.500. The maximum atomic E-state index is 11.7. The lowest BCUT2D eigenvalue weighted by Gasteiger charge is -2.51. The molecule has 0 aromatic heterocycles. The van der Waals surface area contributed by atoms with Gasteiger partial charge in [0.25, 0.3) is 0 Å². The highest BCUT2D eigenvalue weighted by molar-refractivity contribution is 6.30. The molecule has 1 aromatic carbocycles. The Kier molecular flexibility index (Phi) is 3.06. The van der Waals surface area contributed by atoms with Gasteiger partial charge in [0.05, 0.1) is 12.5 Å². The number of methoxy groups -OCH3 is 1. The van der Waals surface area contributed by atoms with Crippen LogP contribution in [0.3, 0.4) is 0 Å². The number of halogens is 1. The van der Waals surface area contributed by atoms with Gasteiger partial charge in [-0.1, -0.05) is 25.4 Å². The van der Waals surface area contributed by atoms with E-state index in [0.717, 1.165) is 0 Å². The zero-order valence-electron chi connectivity index (χ0n) is 10.8. The Morgan fingerprint density at radius 3 is 2.44 bits per heavy atom. The van der Waals surface area contributed by atoms with Gasteiger partial charge in [-0.05, 0) is 36.5 Å². The third-order valence-electron chi connectivity index (χ3n) is 3.65. The first-order valence-corrected chi connectivity index (χ1v) is 6.26. The summed E-state index contributed by atoms with van der Waals surface area (Å²) >= 11 is 5.99. The SMILES string of the molecule is COc1ccc(Cl)cc1C1(C(=O)O)CC(C)(C)C1. The summed E-state index contributed by atoms with van der Waals surface area (Å²) in [6.45, 7) is 4.15. The lowest BCUT2D eigenvalue weighted by atomic mass is 9.52. The highest BCUT2D eigenvalue weighted by atomic mass is 35.5. The molecule has 0 saturated heterocycles.